The summed E-state index contributed by atoms with van der Waals surface area (Å²) in [6.45, 7) is 13.2. The molecule has 0 saturated heterocycles. The molecule has 3 heterocycles. The van der Waals surface area contributed by atoms with Gasteiger partial charge in [0.25, 0.3) is 17.7 Å². The number of hydrogen-bond donors (Lipinski definition) is 9. The van der Waals surface area contributed by atoms with E-state index >= 15 is 0 Å². The van der Waals surface area contributed by atoms with Crippen LogP contribution < -0.4 is 48.1 Å². The van der Waals surface area contributed by atoms with Gasteiger partial charge in [0.2, 0.25) is 29.5 Å². The number of rotatable bonds is 37. The van der Waals surface area contributed by atoms with Gasteiger partial charge in [-0.15, -0.1) is 10.2 Å². The third-order valence-electron chi connectivity index (χ3n) is 13.1. The molecule has 0 aromatic carbocycles. The van der Waals surface area contributed by atoms with E-state index in [9.17, 15) is 51.5 Å². The standard InChI is InChI=1S/C51H83N13O12.C2HF3O2/c1-6-7-11-38-59-45-46(50(76-34(4)5)62-61-47(45)52)64(38)32-36-16-14-35(15-17-36)31-57-48(70)37(10-9-21-56-51(53)72)58-49(71)44(33(2)3)60-41(67)13-8-12-39(65)54-22-25-73-27-29-75-30-28-74-26-23-55-40(66)20-24-63-42(68)18-19-43(63)69;3-2(4,5)1(6)7/h18-19,33-37,44H,6-17,20-32H2,1-5H3,(H2,52,61)(H,54,65)(H,55,66)(H,57,70)(H,58,71)(H,60,67)(H3,53,56,72);(H,6,7)/t35-,36-,37-,44-;/m0./s1. The Bertz CT molecular complexity index is 2450. The van der Waals surface area contributed by atoms with E-state index in [1.165, 1.54) is 12.2 Å². The van der Waals surface area contributed by atoms with Crippen LogP contribution >= 0.6 is 0 Å². The molecule has 2 aromatic heterocycles. The molecule has 1 fully saturated rings. The number of imide groups is 1. The Labute approximate surface area is 480 Å². The van der Waals surface area contributed by atoms with Crippen molar-refractivity contribution in [3.8, 4) is 5.88 Å². The Morgan fingerprint density at radius 2 is 1.30 bits per heavy atom. The quantitative estimate of drug-likeness (QED) is 0.0345. The highest BCUT2D eigenvalue weighted by Crippen LogP contribution is 2.34. The number of halogens is 3. The number of aryl methyl sites for hydroxylation is 1. The SMILES string of the molecule is CCCCc1nc2c(N)nnc(OC(C)C)c2n1C[C@H]1CC[C@H](CNC(=O)[C@H](CCCNC(N)=O)NC(=O)[C@@H](NC(=O)CCCC(=O)NCCOCCOCCOCCNC(=O)CCN2C(=O)C=CC2=O)C(C)C)CC1.O=C(O)C(F)(F)F. The minimum absolute atomic E-state index is 0.000190. The van der Waals surface area contributed by atoms with E-state index in [1.807, 2.05) is 13.8 Å². The molecule has 1 aliphatic heterocycles. The van der Waals surface area contributed by atoms with Crippen molar-refractivity contribution in [1.82, 2.24) is 56.5 Å². The molecule has 27 nitrogen and oxygen atoms in total. The van der Waals surface area contributed by atoms with Gasteiger partial charge in [-0.1, -0.05) is 27.2 Å². The molecule has 83 heavy (non-hydrogen) atoms. The number of aliphatic carboxylic acids is 1. The van der Waals surface area contributed by atoms with Crippen molar-refractivity contribution < 1.29 is 80.4 Å². The van der Waals surface area contributed by atoms with Gasteiger partial charge in [0.1, 0.15) is 28.9 Å². The highest BCUT2D eigenvalue weighted by Gasteiger charge is 2.38. The van der Waals surface area contributed by atoms with E-state index in [0.29, 0.717) is 56.7 Å². The van der Waals surface area contributed by atoms with Crippen molar-refractivity contribution in [2.24, 2.45) is 23.5 Å². The van der Waals surface area contributed by atoms with E-state index in [0.717, 1.165) is 67.7 Å². The predicted octanol–water partition coefficient (Wildman–Crippen LogP) is 1.94. The summed E-state index contributed by atoms with van der Waals surface area (Å²) in [6.07, 6.45) is 4.48. The molecule has 2 atom stereocenters. The largest absolute Gasteiger partial charge is 0.490 e. The number of nitrogens with zero attached hydrogens (tertiary/aromatic N) is 5. The van der Waals surface area contributed by atoms with E-state index in [2.05, 4.69) is 53.6 Å². The number of nitrogens with two attached hydrogens (primary N) is 2. The fourth-order valence-corrected chi connectivity index (χ4v) is 8.71. The van der Waals surface area contributed by atoms with Gasteiger partial charge < -0.3 is 72.0 Å². The van der Waals surface area contributed by atoms with E-state index in [-0.39, 0.29) is 113 Å². The molecular weight excluding hydrogens is 1100 g/mol. The first kappa shape index (κ1) is 70.1. The van der Waals surface area contributed by atoms with Gasteiger partial charge in [-0.05, 0) is 83.0 Å². The lowest BCUT2D eigenvalue weighted by molar-refractivity contribution is -0.192. The zero-order valence-corrected chi connectivity index (χ0v) is 48.1. The molecule has 1 aliphatic carbocycles. The molecule has 0 unspecified atom stereocenters. The highest BCUT2D eigenvalue weighted by atomic mass is 19.4. The second-order valence-corrected chi connectivity index (χ2v) is 20.5. The number of aromatic nitrogens is 4. The Balaban J connectivity index is 0.00000241. The minimum Gasteiger partial charge on any atom is -0.475 e. The fraction of sp³-hybridized carbons (Fsp3) is 0.698. The molecule has 2 aromatic rings. The molecular formula is C53H84F3N13O14. The topological polar surface area (TPSA) is 382 Å². The molecule has 0 bridgehead atoms. The number of carbonyl (C=O) groups is 9. The molecule has 2 aliphatic rings. The lowest BCUT2D eigenvalue weighted by Gasteiger charge is -2.30. The van der Waals surface area contributed by atoms with Crippen LogP contribution in [0.3, 0.4) is 0 Å². The maximum atomic E-state index is 13.7. The summed E-state index contributed by atoms with van der Waals surface area (Å²) < 4.78 is 56.4. The predicted molar refractivity (Wildman–Crippen MR) is 295 cm³/mol. The first-order valence-corrected chi connectivity index (χ1v) is 28.1. The van der Waals surface area contributed by atoms with Gasteiger partial charge in [-0.3, -0.25) is 38.5 Å². The van der Waals surface area contributed by atoms with Crippen LogP contribution in [0.15, 0.2) is 12.2 Å². The summed E-state index contributed by atoms with van der Waals surface area (Å²) in [5.41, 5.74) is 12.9. The normalized spacial score (nSPS) is 15.8. The third-order valence-corrected chi connectivity index (χ3v) is 13.1. The number of unbranched alkanes of at least 4 members (excludes halogenated alkanes) is 1. The number of carboxylic acids is 1. The fourth-order valence-electron chi connectivity index (χ4n) is 8.71. The van der Waals surface area contributed by atoms with E-state index in [4.69, 9.17) is 45.3 Å². The second kappa shape index (κ2) is 37.1. The number of fused-ring (bicyclic) bond motifs is 1. The van der Waals surface area contributed by atoms with Crippen molar-refractivity contribution >= 4 is 70.2 Å². The van der Waals surface area contributed by atoms with Gasteiger partial charge in [0.15, 0.2) is 5.82 Å². The number of ether oxygens (including phenoxy) is 4. The van der Waals surface area contributed by atoms with Crippen LogP contribution in [0.25, 0.3) is 11.0 Å². The monoisotopic (exact) mass is 1180 g/mol. The minimum atomic E-state index is -5.08. The summed E-state index contributed by atoms with van der Waals surface area (Å²) in [4.78, 5) is 114. The molecule has 1 saturated carbocycles. The lowest BCUT2D eigenvalue weighted by atomic mass is 9.82. The number of alkyl halides is 3. The number of hydrogen-bond acceptors (Lipinski definition) is 17. The molecule has 30 heteroatoms. The highest BCUT2D eigenvalue weighted by molar-refractivity contribution is 6.13. The first-order valence-electron chi connectivity index (χ1n) is 28.1. The van der Waals surface area contributed by atoms with Crippen LogP contribution in [0.2, 0.25) is 0 Å². The van der Waals surface area contributed by atoms with Gasteiger partial charge in [-0.2, -0.15) is 13.2 Å². The van der Waals surface area contributed by atoms with Crippen molar-refractivity contribution in [2.75, 3.05) is 78.1 Å². The molecule has 466 valence electrons. The summed E-state index contributed by atoms with van der Waals surface area (Å²) in [6, 6.07) is -2.58. The first-order chi connectivity index (χ1) is 39.4. The number of carbonyl (C=O) groups excluding carboxylic acids is 8. The van der Waals surface area contributed by atoms with Gasteiger partial charge in [0.05, 0.1) is 45.7 Å². The number of anilines is 1. The van der Waals surface area contributed by atoms with Crippen molar-refractivity contribution in [3.05, 3.63) is 18.0 Å². The van der Waals surface area contributed by atoms with E-state index < -0.39 is 53.9 Å². The van der Waals surface area contributed by atoms with Gasteiger partial charge >= 0.3 is 18.2 Å². The van der Waals surface area contributed by atoms with E-state index in [1.54, 1.807) is 13.8 Å². The average Bonchev–Trinajstić information content (AvgIpc) is 2.37. The zero-order chi connectivity index (χ0) is 61.5. The van der Waals surface area contributed by atoms with Crippen LogP contribution in [0.5, 0.6) is 5.88 Å². The maximum Gasteiger partial charge on any atom is 0.490 e. The Kier molecular flexibility index (Phi) is 31.3. The van der Waals surface area contributed by atoms with Crippen LogP contribution in [0.4, 0.5) is 23.8 Å². The number of nitrogen functional groups attached to an aromatic ring is 1. The number of nitrogens with one attached hydrogen (secondary N) is 6. The summed E-state index contributed by atoms with van der Waals surface area (Å²) in [5, 5.41) is 32.2. The van der Waals surface area contributed by atoms with Crippen LogP contribution in [0, 0.1) is 17.8 Å². The summed E-state index contributed by atoms with van der Waals surface area (Å²) >= 11 is 0. The molecule has 0 spiro atoms. The average molecular weight is 1180 g/mol. The third kappa shape index (κ3) is 26.7. The van der Waals surface area contributed by atoms with Crippen molar-refractivity contribution in [1.29, 1.82) is 0 Å². The summed E-state index contributed by atoms with van der Waals surface area (Å²) in [7, 11) is 0. The molecule has 11 N–H and O–H groups in total. The number of imidazole rings is 1. The lowest BCUT2D eigenvalue weighted by Crippen LogP contribution is -2.55. The maximum absolute atomic E-state index is 13.7. The molecule has 9 amide bonds. The van der Waals surface area contributed by atoms with Crippen molar-refractivity contribution in [3.63, 3.8) is 0 Å². The van der Waals surface area contributed by atoms with Gasteiger partial charge in [0, 0.05) is 77.1 Å². The Morgan fingerprint density at radius 1 is 0.735 bits per heavy atom. The zero-order valence-electron chi connectivity index (χ0n) is 48.1. The molecule has 4 rings (SSSR count). The van der Waals surface area contributed by atoms with Gasteiger partial charge in [-0.25, -0.2) is 14.6 Å². The van der Waals surface area contributed by atoms with Crippen LogP contribution in [-0.4, -0.2) is 180 Å². The van der Waals surface area contributed by atoms with Crippen LogP contribution in [-0.2, 0) is 65.5 Å². The Morgan fingerprint density at radius 3 is 1.86 bits per heavy atom. The van der Waals surface area contributed by atoms with Crippen LogP contribution in [0.1, 0.15) is 117 Å². The summed E-state index contributed by atoms with van der Waals surface area (Å²) in [5.74, 6) is -3.58. The number of carboxylic acid groups (broad SMARTS) is 1. The number of amides is 9. The van der Waals surface area contributed by atoms with Crippen molar-refractivity contribution in [2.45, 2.75) is 149 Å². The smallest absolute Gasteiger partial charge is 0.475 e. The molecule has 0 radical (unpaired) electrons. The number of primary amides is 1. The second-order valence-electron chi connectivity index (χ2n) is 20.5. The number of urea groups is 1. The Hall–Kier alpha value is -7.21.